The number of nitrogens with zero attached hydrogens (tertiary/aromatic N) is 4. The molecule has 6 heteroatoms. The third-order valence-electron chi connectivity index (χ3n) is 3.61. The number of carbonyl (C=O) groups excluding carboxylic acids is 2. The van der Waals surface area contributed by atoms with Gasteiger partial charge in [0.2, 0.25) is 11.9 Å². The molecule has 112 valence electrons. The largest absolute Gasteiger partial charge is 0.273 e. The summed E-state index contributed by atoms with van der Waals surface area (Å²) in [7, 11) is 0. The molecule has 0 bridgehead atoms. The van der Waals surface area contributed by atoms with E-state index in [0.717, 1.165) is 11.3 Å². The van der Waals surface area contributed by atoms with Crippen molar-refractivity contribution >= 4 is 29.3 Å². The highest BCUT2D eigenvalue weighted by molar-refractivity contribution is 6.31. The van der Waals surface area contributed by atoms with Crippen molar-refractivity contribution < 1.29 is 9.59 Å². The highest BCUT2D eigenvalue weighted by Crippen LogP contribution is 2.26. The van der Waals surface area contributed by atoms with Gasteiger partial charge in [0.25, 0.3) is 5.91 Å². The zero-order valence-corrected chi connectivity index (χ0v) is 12.1. The molecular formula is C17H12N4O2. The Labute approximate surface area is 132 Å². The van der Waals surface area contributed by atoms with Gasteiger partial charge < -0.3 is 0 Å². The monoisotopic (exact) mass is 304 g/mol. The van der Waals surface area contributed by atoms with Gasteiger partial charge in [-0.25, -0.2) is 4.90 Å². The van der Waals surface area contributed by atoms with Crippen molar-refractivity contribution in [1.82, 2.24) is 4.90 Å². The molecular weight excluding hydrogens is 292 g/mol. The number of hydrogen-bond donors (Lipinski definition) is 0. The van der Waals surface area contributed by atoms with E-state index in [2.05, 4.69) is 10.1 Å². The first-order chi connectivity index (χ1) is 11.2. The number of benzene rings is 2. The molecule has 2 aliphatic rings. The van der Waals surface area contributed by atoms with E-state index in [1.807, 2.05) is 60.7 Å². The highest BCUT2D eigenvalue weighted by Gasteiger charge is 2.40. The van der Waals surface area contributed by atoms with Crippen molar-refractivity contribution in [2.75, 3.05) is 5.01 Å². The van der Waals surface area contributed by atoms with Gasteiger partial charge in [-0.15, -0.1) is 5.10 Å². The standard InChI is InChI=1S/C17H12N4O2/c22-14-11-15(23)20-16(12-7-3-1-4-8-12)19-21(17(20)18-14)13-9-5-2-6-10-13/h1-10H,11H2. The molecule has 2 amide bonds. The number of amides is 2. The van der Waals surface area contributed by atoms with Gasteiger partial charge in [-0.05, 0) is 12.1 Å². The normalized spacial score (nSPS) is 17.0. The summed E-state index contributed by atoms with van der Waals surface area (Å²) in [6.45, 7) is 0. The van der Waals surface area contributed by atoms with Crippen molar-refractivity contribution in [1.29, 1.82) is 0 Å². The van der Waals surface area contributed by atoms with E-state index in [1.54, 1.807) is 0 Å². The third kappa shape index (κ3) is 2.20. The van der Waals surface area contributed by atoms with Crippen LogP contribution >= 0.6 is 0 Å². The van der Waals surface area contributed by atoms with Crippen LogP contribution < -0.4 is 5.01 Å². The molecule has 0 radical (unpaired) electrons. The lowest BCUT2D eigenvalue weighted by molar-refractivity contribution is -0.131. The number of guanidine groups is 1. The van der Waals surface area contributed by atoms with Crippen LogP contribution in [0.15, 0.2) is 70.8 Å². The fraction of sp³-hybridized carbons (Fsp3) is 0.0588. The first-order valence-corrected chi connectivity index (χ1v) is 7.18. The van der Waals surface area contributed by atoms with Crippen LogP contribution in [0.4, 0.5) is 5.69 Å². The minimum Gasteiger partial charge on any atom is -0.273 e. The smallest absolute Gasteiger partial charge is 0.258 e. The van der Waals surface area contributed by atoms with E-state index in [1.165, 1.54) is 9.91 Å². The number of hydrogen-bond acceptors (Lipinski definition) is 4. The second-order valence-electron chi connectivity index (χ2n) is 5.15. The molecule has 4 rings (SSSR count). The van der Waals surface area contributed by atoms with Gasteiger partial charge in [-0.2, -0.15) is 10.0 Å². The summed E-state index contributed by atoms with van der Waals surface area (Å²) in [5, 5.41) is 6.06. The van der Waals surface area contributed by atoms with Gasteiger partial charge in [0.15, 0.2) is 5.84 Å². The molecule has 0 unspecified atom stereocenters. The Kier molecular flexibility index (Phi) is 3.01. The summed E-state index contributed by atoms with van der Waals surface area (Å²) in [5.74, 6) is -0.0604. The van der Waals surface area contributed by atoms with Gasteiger partial charge in [-0.1, -0.05) is 48.5 Å². The topological polar surface area (TPSA) is 65.3 Å². The number of para-hydroxylation sites is 1. The second-order valence-corrected chi connectivity index (χ2v) is 5.15. The van der Waals surface area contributed by atoms with Crippen molar-refractivity contribution in [2.45, 2.75) is 6.42 Å². The number of rotatable bonds is 2. The fourth-order valence-electron chi connectivity index (χ4n) is 2.58. The van der Waals surface area contributed by atoms with E-state index < -0.39 is 5.91 Å². The number of carbonyl (C=O) groups is 2. The number of anilines is 1. The molecule has 0 atom stereocenters. The SMILES string of the molecule is O=C1CC(=O)N2C(c3ccccc3)=NN(c3ccccc3)C2=N1. The van der Waals surface area contributed by atoms with Crippen molar-refractivity contribution in [3.05, 3.63) is 66.2 Å². The zero-order valence-electron chi connectivity index (χ0n) is 12.1. The van der Waals surface area contributed by atoms with Gasteiger partial charge >= 0.3 is 0 Å². The molecule has 0 spiro atoms. The van der Waals surface area contributed by atoms with Gasteiger partial charge in [0, 0.05) is 5.56 Å². The molecule has 2 aromatic rings. The van der Waals surface area contributed by atoms with Crippen LogP contribution in [0, 0.1) is 0 Å². The lowest BCUT2D eigenvalue weighted by atomic mass is 10.2. The second kappa shape index (κ2) is 5.17. The Morgan fingerprint density at radius 3 is 2.22 bits per heavy atom. The molecule has 0 aliphatic carbocycles. The summed E-state index contributed by atoms with van der Waals surface area (Å²) >= 11 is 0. The van der Waals surface area contributed by atoms with Crippen LogP contribution in [0.3, 0.4) is 0 Å². The summed E-state index contributed by atoms with van der Waals surface area (Å²) < 4.78 is 0. The first kappa shape index (κ1) is 13.4. The van der Waals surface area contributed by atoms with Crippen LogP contribution in [0.2, 0.25) is 0 Å². The van der Waals surface area contributed by atoms with Crippen molar-refractivity contribution in [3.63, 3.8) is 0 Å². The molecule has 2 aliphatic heterocycles. The van der Waals surface area contributed by atoms with Crippen LogP contribution in [0.25, 0.3) is 0 Å². The maximum atomic E-state index is 12.4. The van der Waals surface area contributed by atoms with Crippen LogP contribution in [-0.4, -0.2) is 28.5 Å². The Bertz CT molecular complexity index is 843. The maximum absolute atomic E-state index is 12.4. The van der Waals surface area contributed by atoms with Crippen molar-refractivity contribution in [3.8, 4) is 0 Å². The Morgan fingerprint density at radius 2 is 1.52 bits per heavy atom. The molecule has 23 heavy (non-hydrogen) atoms. The minimum atomic E-state index is -0.452. The number of amidine groups is 1. The molecule has 0 aromatic heterocycles. The maximum Gasteiger partial charge on any atom is 0.258 e. The molecule has 2 aromatic carbocycles. The lowest BCUT2D eigenvalue weighted by Gasteiger charge is -2.23. The fourth-order valence-corrected chi connectivity index (χ4v) is 2.58. The van der Waals surface area contributed by atoms with E-state index in [-0.39, 0.29) is 18.3 Å². The first-order valence-electron chi connectivity index (χ1n) is 7.18. The third-order valence-corrected chi connectivity index (χ3v) is 3.61. The summed E-state index contributed by atoms with van der Waals surface area (Å²) in [5.41, 5.74) is 1.53. The van der Waals surface area contributed by atoms with E-state index in [0.29, 0.717) is 5.84 Å². The molecule has 2 heterocycles. The average molecular weight is 304 g/mol. The number of hydrazone groups is 1. The predicted molar refractivity (Wildman–Crippen MR) is 85.8 cm³/mol. The van der Waals surface area contributed by atoms with Crippen LogP contribution in [-0.2, 0) is 9.59 Å². The van der Waals surface area contributed by atoms with E-state index in [9.17, 15) is 9.59 Å². The molecule has 0 N–H and O–H groups in total. The Morgan fingerprint density at radius 1 is 0.870 bits per heavy atom. The van der Waals surface area contributed by atoms with E-state index in [4.69, 9.17) is 0 Å². The summed E-state index contributed by atoms with van der Waals surface area (Å²) in [6, 6.07) is 18.7. The average Bonchev–Trinajstić information content (AvgIpc) is 2.96. The van der Waals surface area contributed by atoms with Crippen LogP contribution in [0.1, 0.15) is 12.0 Å². The molecule has 0 fully saturated rings. The molecule has 0 saturated heterocycles. The minimum absolute atomic E-state index is 0.233. The van der Waals surface area contributed by atoms with Crippen molar-refractivity contribution in [2.24, 2.45) is 10.1 Å². The highest BCUT2D eigenvalue weighted by atomic mass is 16.2. The number of aliphatic imine (C=N–C) groups is 1. The molecule has 0 saturated carbocycles. The summed E-state index contributed by atoms with van der Waals surface area (Å²) in [4.78, 5) is 29.5. The quantitative estimate of drug-likeness (QED) is 0.797. The molecule has 6 nitrogen and oxygen atoms in total. The van der Waals surface area contributed by atoms with Gasteiger partial charge in [0.1, 0.15) is 6.42 Å². The van der Waals surface area contributed by atoms with Gasteiger partial charge in [-0.3, -0.25) is 9.59 Å². The summed E-state index contributed by atoms with van der Waals surface area (Å²) in [6.07, 6.45) is -0.238. The Hall–Kier alpha value is -3.28. The zero-order chi connectivity index (χ0) is 15.8. The predicted octanol–water partition coefficient (Wildman–Crippen LogP) is 1.98. The Balaban J connectivity index is 1.87. The lowest BCUT2D eigenvalue weighted by Crippen LogP contribution is -2.46. The van der Waals surface area contributed by atoms with Crippen LogP contribution in [0.5, 0.6) is 0 Å². The number of fused-ring (bicyclic) bond motifs is 1. The van der Waals surface area contributed by atoms with Gasteiger partial charge in [0.05, 0.1) is 5.69 Å². The van der Waals surface area contributed by atoms with E-state index >= 15 is 0 Å².